The van der Waals surface area contributed by atoms with Gasteiger partial charge < -0.3 is 4.90 Å². The number of para-hydroxylation sites is 1. The van der Waals surface area contributed by atoms with E-state index in [1.165, 1.54) is 9.71 Å². The summed E-state index contributed by atoms with van der Waals surface area (Å²) in [7, 11) is 0. The second-order valence-electron chi connectivity index (χ2n) is 5.92. The van der Waals surface area contributed by atoms with E-state index in [0.29, 0.717) is 5.92 Å². The predicted octanol–water partition coefficient (Wildman–Crippen LogP) is 4.38. The van der Waals surface area contributed by atoms with Gasteiger partial charge in [0.05, 0.1) is 15.2 Å². The molecule has 3 aromatic rings. The Balaban J connectivity index is 1.49. The van der Waals surface area contributed by atoms with Gasteiger partial charge >= 0.3 is 0 Å². The first kappa shape index (κ1) is 13.7. The van der Waals surface area contributed by atoms with E-state index in [1.807, 2.05) is 11.3 Å². The molecule has 22 heavy (non-hydrogen) atoms. The maximum atomic E-state index is 4.83. The van der Waals surface area contributed by atoms with Crippen molar-refractivity contribution in [1.29, 1.82) is 0 Å². The van der Waals surface area contributed by atoms with Crippen LogP contribution in [0, 0.1) is 6.92 Å². The number of hydrogen-bond acceptors (Lipinski definition) is 4. The lowest BCUT2D eigenvalue weighted by Gasteiger charge is -2.32. The fourth-order valence-electron chi connectivity index (χ4n) is 3.12. The Morgan fingerprint density at radius 2 is 1.82 bits per heavy atom. The third-order valence-corrected chi connectivity index (χ3v) is 5.55. The van der Waals surface area contributed by atoms with E-state index < -0.39 is 0 Å². The van der Waals surface area contributed by atoms with Crippen molar-refractivity contribution in [1.82, 2.24) is 9.97 Å². The highest BCUT2D eigenvalue weighted by Crippen LogP contribution is 2.34. The highest BCUT2D eigenvalue weighted by Gasteiger charge is 2.23. The molecule has 1 aliphatic heterocycles. The summed E-state index contributed by atoms with van der Waals surface area (Å²) in [6, 6.07) is 14.7. The maximum absolute atomic E-state index is 4.83. The quantitative estimate of drug-likeness (QED) is 0.703. The number of aromatic nitrogens is 2. The monoisotopic (exact) mass is 309 g/mol. The Hall–Kier alpha value is -1.94. The van der Waals surface area contributed by atoms with Crippen LogP contribution in [0.25, 0.3) is 10.2 Å². The average molecular weight is 309 g/mol. The molecule has 3 nitrogen and oxygen atoms in total. The number of pyridine rings is 1. The van der Waals surface area contributed by atoms with Crippen molar-refractivity contribution >= 4 is 27.4 Å². The van der Waals surface area contributed by atoms with Crippen molar-refractivity contribution in [2.24, 2.45) is 0 Å². The van der Waals surface area contributed by atoms with Crippen LogP contribution in [0.15, 0.2) is 42.5 Å². The Morgan fingerprint density at radius 3 is 2.59 bits per heavy atom. The lowest BCUT2D eigenvalue weighted by Crippen LogP contribution is -2.33. The molecule has 112 valence electrons. The lowest BCUT2D eigenvalue weighted by molar-refractivity contribution is 0.501. The fourth-order valence-corrected chi connectivity index (χ4v) is 4.26. The molecule has 0 spiro atoms. The molecule has 1 aromatic carbocycles. The first-order chi connectivity index (χ1) is 10.8. The van der Waals surface area contributed by atoms with Gasteiger partial charge in [-0.15, -0.1) is 11.3 Å². The minimum absolute atomic E-state index is 0.596. The molecule has 0 bridgehead atoms. The highest BCUT2D eigenvalue weighted by molar-refractivity contribution is 7.18. The van der Waals surface area contributed by atoms with Gasteiger partial charge in [-0.05, 0) is 44.0 Å². The van der Waals surface area contributed by atoms with Gasteiger partial charge in [0.25, 0.3) is 0 Å². The van der Waals surface area contributed by atoms with Crippen LogP contribution in [0.2, 0.25) is 0 Å². The molecular formula is C18H19N3S. The van der Waals surface area contributed by atoms with E-state index in [9.17, 15) is 0 Å². The second-order valence-corrected chi connectivity index (χ2v) is 6.98. The molecule has 1 fully saturated rings. The number of anilines is 1. The van der Waals surface area contributed by atoms with Crippen LogP contribution in [0.3, 0.4) is 0 Å². The predicted molar refractivity (Wildman–Crippen MR) is 92.8 cm³/mol. The molecule has 3 heterocycles. The first-order valence-corrected chi connectivity index (χ1v) is 8.65. The van der Waals surface area contributed by atoms with Crippen molar-refractivity contribution < 1.29 is 0 Å². The van der Waals surface area contributed by atoms with Gasteiger partial charge in [0.1, 0.15) is 5.82 Å². The summed E-state index contributed by atoms with van der Waals surface area (Å²) in [4.78, 5) is 11.9. The van der Waals surface area contributed by atoms with E-state index in [0.717, 1.165) is 43.0 Å². The van der Waals surface area contributed by atoms with Crippen LogP contribution < -0.4 is 4.90 Å². The molecule has 0 unspecified atom stereocenters. The molecule has 4 heteroatoms. The largest absolute Gasteiger partial charge is 0.357 e. The first-order valence-electron chi connectivity index (χ1n) is 7.84. The Bertz CT molecular complexity index is 755. The van der Waals surface area contributed by atoms with Crippen molar-refractivity contribution in [3.8, 4) is 0 Å². The summed E-state index contributed by atoms with van der Waals surface area (Å²) < 4.78 is 1.31. The van der Waals surface area contributed by atoms with E-state index in [1.54, 1.807) is 0 Å². The number of piperidine rings is 1. The number of aryl methyl sites for hydroxylation is 1. The molecule has 0 saturated carbocycles. The number of rotatable bonds is 2. The number of benzene rings is 1. The van der Waals surface area contributed by atoms with Crippen LogP contribution in [0.5, 0.6) is 0 Å². The van der Waals surface area contributed by atoms with Crippen molar-refractivity contribution in [3.05, 3.63) is 53.2 Å². The summed E-state index contributed by atoms with van der Waals surface area (Å²) in [6.07, 6.45) is 2.32. The maximum Gasteiger partial charge on any atom is 0.128 e. The SMILES string of the molecule is Cc1cccc(N2CCC(c3nc4ccccc4s3)CC2)n1. The molecule has 0 amide bonds. The van der Waals surface area contributed by atoms with E-state index in [4.69, 9.17) is 4.98 Å². The fraction of sp³-hybridized carbons (Fsp3) is 0.333. The van der Waals surface area contributed by atoms with Gasteiger partial charge in [0, 0.05) is 24.7 Å². The zero-order valence-corrected chi connectivity index (χ0v) is 13.5. The molecule has 0 aliphatic carbocycles. The summed E-state index contributed by atoms with van der Waals surface area (Å²) in [6.45, 7) is 4.19. The summed E-state index contributed by atoms with van der Waals surface area (Å²) >= 11 is 1.86. The lowest BCUT2D eigenvalue weighted by atomic mass is 9.97. The normalized spacial score (nSPS) is 16.3. The molecule has 1 saturated heterocycles. The average Bonchev–Trinajstić information content (AvgIpc) is 2.99. The number of fused-ring (bicyclic) bond motifs is 1. The number of hydrogen-bond donors (Lipinski definition) is 0. The van der Waals surface area contributed by atoms with E-state index >= 15 is 0 Å². The molecule has 0 radical (unpaired) electrons. The third-order valence-electron chi connectivity index (χ3n) is 4.35. The molecule has 4 rings (SSSR count). The van der Waals surface area contributed by atoms with Gasteiger partial charge in [0.15, 0.2) is 0 Å². The van der Waals surface area contributed by atoms with Gasteiger partial charge in [-0.1, -0.05) is 18.2 Å². The minimum atomic E-state index is 0.596. The molecule has 0 N–H and O–H groups in total. The molecular weight excluding hydrogens is 290 g/mol. The van der Waals surface area contributed by atoms with Gasteiger partial charge in [0.2, 0.25) is 0 Å². The summed E-state index contributed by atoms with van der Waals surface area (Å²) in [5, 5.41) is 1.30. The number of nitrogens with zero attached hydrogens (tertiary/aromatic N) is 3. The molecule has 0 atom stereocenters. The van der Waals surface area contributed by atoms with Gasteiger partial charge in [-0.3, -0.25) is 0 Å². The van der Waals surface area contributed by atoms with Gasteiger partial charge in [-0.25, -0.2) is 9.97 Å². The molecule has 1 aliphatic rings. The van der Waals surface area contributed by atoms with Crippen molar-refractivity contribution in [3.63, 3.8) is 0 Å². The Kier molecular flexibility index (Phi) is 3.54. The summed E-state index contributed by atoms with van der Waals surface area (Å²) in [5.41, 5.74) is 2.23. The number of thiazole rings is 1. The smallest absolute Gasteiger partial charge is 0.128 e. The Morgan fingerprint density at radius 1 is 1.00 bits per heavy atom. The minimum Gasteiger partial charge on any atom is -0.357 e. The van der Waals surface area contributed by atoms with E-state index in [-0.39, 0.29) is 0 Å². The van der Waals surface area contributed by atoms with E-state index in [2.05, 4.69) is 59.3 Å². The van der Waals surface area contributed by atoms with Crippen LogP contribution in [-0.2, 0) is 0 Å². The van der Waals surface area contributed by atoms with Gasteiger partial charge in [-0.2, -0.15) is 0 Å². The third kappa shape index (κ3) is 2.59. The van der Waals surface area contributed by atoms with Crippen LogP contribution in [-0.4, -0.2) is 23.1 Å². The van der Waals surface area contributed by atoms with Crippen molar-refractivity contribution in [2.75, 3.05) is 18.0 Å². The second kappa shape index (κ2) is 5.69. The van der Waals surface area contributed by atoms with Crippen molar-refractivity contribution in [2.45, 2.75) is 25.7 Å². The van der Waals surface area contributed by atoms with Crippen LogP contribution >= 0.6 is 11.3 Å². The highest BCUT2D eigenvalue weighted by atomic mass is 32.1. The zero-order chi connectivity index (χ0) is 14.9. The Labute approximate surface area is 134 Å². The summed E-state index contributed by atoms with van der Waals surface area (Å²) in [5.74, 6) is 1.71. The molecule has 2 aromatic heterocycles. The zero-order valence-electron chi connectivity index (χ0n) is 12.7. The standard InChI is InChI=1S/C18H19N3S/c1-13-5-4-8-17(19-13)21-11-9-14(10-12-21)18-20-15-6-2-3-7-16(15)22-18/h2-8,14H,9-12H2,1H3. The van der Waals surface area contributed by atoms with Crippen LogP contribution in [0.1, 0.15) is 29.5 Å². The van der Waals surface area contributed by atoms with Crippen LogP contribution in [0.4, 0.5) is 5.82 Å². The topological polar surface area (TPSA) is 29.0 Å².